The van der Waals surface area contributed by atoms with Crippen molar-refractivity contribution in [2.75, 3.05) is 12.1 Å². The summed E-state index contributed by atoms with van der Waals surface area (Å²) in [4.78, 5) is 0. The molecule has 0 saturated carbocycles. The van der Waals surface area contributed by atoms with Gasteiger partial charge in [0.25, 0.3) is 0 Å². The van der Waals surface area contributed by atoms with Gasteiger partial charge in [0, 0.05) is 7.05 Å². The summed E-state index contributed by atoms with van der Waals surface area (Å²) in [5.74, 6) is 0. The van der Waals surface area contributed by atoms with Crippen LogP contribution in [0.25, 0.3) is 0 Å². The van der Waals surface area contributed by atoms with E-state index in [1.165, 1.54) is 22.4 Å². The Morgan fingerprint density at radius 1 is 0.833 bits per heavy atom. The molecule has 3 rings (SSSR count). The third-order valence-corrected chi connectivity index (χ3v) is 3.66. The molecule has 0 amide bonds. The average Bonchev–Trinajstić information content (AvgIpc) is 2.41. The van der Waals surface area contributed by atoms with Crippen molar-refractivity contribution >= 4 is 5.69 Å². The molecule has 1 aliphatic heterocycles. The van der Waals surface area contributed by atoms with Crippen LogP contribution in [-0.2, 0) is 19.4 Å². The van der Waals surface area contributed by atoms with E-state index in [1.54, 1.807) is 0 Å². The Morgan fingerprint density at radius 2 is 1.44 bits per heavy atom. The van der Waals surface area contributed by atoms with E-state index in [0.717, 1.165) is 19.4 Å². The third-order valence-electron chi connectivity index (χ3n) is 3.66. The van der Waals surface area contributed by atoms with Gasteiger partial charge in [0.1, 0.15) is 0 Å². The lowest BCUT2D eigenvalue weighted by molar-refractivity contribution is 0.682. The van der Waals surface area contributed by atoms with E-state index in [1.807, 2.05) is 7.05 Å². The lowest BCUT2D eigenvalue weighted by Gasteiger charge is -2.29. The largest absolute Gasteiger partial charge is 0.304 e. The van der Waals surface area contributed by atoms with Crippen LogP contribution in [0.2, 0.25) is 0 Å². The molecule has 0 bridgehead atoms. The van der Waals surface area contributed by atoms with Gasteiger partial charge in [0.2, 0.25) is 0 Å². The number of nitrogens with one attached hydrogen (secondary N) is 1. The molecule has 2 aromatic carbocycles. The molecule has 1 aliphatic rings. The van der Waals surface area contributed by atoms with E-state index >= 15 is 0 Å². The quantitative estimate of drug-likeness (QED) is 0.821. The van der Waals surface area contributed by atoms with Crippen LogP contribution in [0, 0.1) is 0 Å². The van der Waals surface area contributed by atoms with Gasteiger partial charge in [0.05, 0.1) is 12.2 Å². The second-order valence-corrected chi connectivity index (χ2v) is 4.71. The monoisotopic (exact) mass is 238 g/mol. The molecule has 0 unspecified atom stereocenters. The first-order valence-electron chi connectivity index (χ1n) is 6.48. The van der Waals surface area contributed by atoms with Crippen molar-refractivity contribution in [3.63, 3.8) is 0 Å². The van der Waals surface area contributed by atoms with Crippen LogP contribution >= 0.6 is 0 Å². The van der Waals surface area contributed by atoms with Gasteiger partial charge in [-0.2, -0.15) is 0 Å². The number of nitrogens with zero attached hydrogens (tertiary/aromatic N) is 1. The van der Waals surface area contributed by atoms with Crippen LogP contribution in [-0.4, -0.2) is 7.05 Å². The highest BCUT2D eigenvalue weighted by atomic mass is 15.5. The second kappa shape index (κ2) is 4.83. The van der Waals surface area contributed by atoms with Gasteiger partial charge < -0.3 is 5.01 Å². The average molecular weight is 238 g/mol. The predicted molar refractivity (Wildman–Crippen MR) is 75.5 cm³/mol. The summed E-state index contributed by atoms with van der Waals surface area (Å²) in [7, 11) is 1.99. The Morgan fingerprint density at radius 3 is 2.22 bits per heavy atom. The van der Waals surface area contributed by atoms with Gasteiger partial charge in [0.15, 0.2) is 0 Å². The van der Waals surface area contributed by atoms with Crippen LogP contribution in [0.3, 0.4) is 0 Å². The molecular weight excluding hydrogens is 220 g/mol. The Labute approximate surface area is 108 Å². The molecule has 0 radical (unpaired) electrons. The van der Waals surface area contributed by atoms with E-state index in [-0.39, 0.29) is 0 Å². The normalized spacial score (nSPS) is 14.4. The zero-order valence-electron chi connectivity index (χ0n) is 10.7. The smallest absolute Gasteiger partial charge is 0.0597 e. The zero-order chi connectivity index (χ0) is 12.4. The van der Waals surface area contributed by atoms with Crippen LogP contribution < -0.4 is 10.4 Å². The number of aryl methyl sites for hydroxylation is 2. The third kappa shape index (κ3) is 2.00. The van der Waals surface area contributed by atoms with Crippen molar-refractivity contribution in [2.24, 2.45) is 0 Å². The summed E-state index contributed by atoms with van der Waals surface area (Å²) in [5, 5.41) is 2.23. The van der Waals surface area contributed by atoms with E-state index < -0.39 is 0 Å². The maximum Gasteiger partial charge on any atom is 0.0597 e. The fourth-order valence-electron chi connectivity index (χ4n) is 2.67. The van der Waals surface area contributed by atoms with E-state index in [4.69, 9.17) is 0 Å². The number of para-hydroxylation sites is 1. The van der Waals surface area contributed by atoms with E-state index in [2.05, 4.69) is 59.0 Å². The molecule has 0 saturated heterocycles. The molecule has 0 aliphatic carbocycles. The molecule has 1 heterocycles. The minimum atomic E-state index is 0.920. The first kappa shape index (κ1) is 11.3. The summed E-state index contributed by atoms with van der Waals surface area (Å²) >= 11 is 0. The summed E-state index contributed by atoms with van der Waals surface area (Å²) < 4.78 is 0. The number of benzene rings is 2. The Hall–Kier alpha value is -1.80. The first-order valence-corrected chi connectivity index (χ1v) is 6.48. The van der Waals surface area contributed by atoms with Crippen LogP contribution in [0.5, 0.6) is 0 Å². The van der Waals surface area contributed by atoms with Gasteiger partial charge in [-0.3, -0.25) is 0 Å². The highest BCUT2D eigenvalue weighted by Gasteiger charge is 2.15. The molecule has 2 nitrogen and oxygen atoms in total. The molecule has 0 aromatic heterocycles. The minimum Gasteiger partial charge on any atom is -0.304 e. The number of anilines is 1. The molecule has 2 heteroatoms. The number of fused-ring (bicyclic) bond motifs is 2. The zero-order valence-corrected chi connectivity index (χ0v) is 10.7. The van der Waals surface area contributed by atoms with Gasteiger partial charge in [-0.1, -0.05) is 42.5 Å². The minimum absolute atomic E-state index is 0.920. The Kier molecular flexibility index (Phi) is 3.03. The maximum atomic E-state index is 3.30. The fraction of sp³-hybridized carbons (Fsp3) is 0.250. The van der Waals surface area contributed by atoms with Gasteiger partial charge >= 0.3 is 0 Å². The SMILES string of the molecule is CNN1Cc2ccccc2CCc2ccccc21. The predicted octanol–water partition coefficient (Wildman–Crippen LogP) is 2.93. The van der Waals surface area contributed by atoms with Crippen molar-refractivity contribution in [3.05, 3.63) is 65.2 Å². The first-order chi connectivity index (χ1) is 8.88. The summed E-state index contributed by atoms with van der Waals surface area (Å²) in [6.07, 6.45) is 2.23. The number of hydrogen-bond acceptors (Lipinski definition) is 2. The lowest BCUT2D eigenvalue weighted by Crippen LogP contribution is -2.36. The van der Waals surface area contributed by atoms with Crippen molar-refractivity contribution in [1.82, 2.24) is 5.43 Å². The lowest BCUT2D eigenvalue weighted by atomic mass is 9.96. The molecule has 92 valence electrons. The molecular formula is C16H18N2. The Balaban J connectivity index is 2.04. The molecule has 0 spiro atoms. The molecule has 0 atom stereocenters. The standard InChI is InChI=1S/C16H18N2/c1-17-18-12-15-8-3-2-6-13(15)10-11-14-7-4-5-9-16(14)18/h2-9,17H,10-12H2,1H3. The van der Waals surface area contributed by atoms with Crippen molar-refractivity contribution in [3.8, 4) is 0 Å². The van der Waals surface area contributed by atoms with E-state index in [9.17, 15) is 0 Å². The summed E-state index contributed by atoms with van der Waals surface area (Å²) in [5.41, 5.74) is 8.90. The molecule has 2 aromatic rings. The Bertz CT molecular complexity index is 548. The van der Waals surface area contributed by atoms with Crippen LogP contribution in [0.4, 0.5) is 5.69 Å². The van der Waals surface area contributed by atoms with Gasteiger partial charge in [-0.15, -0.1) is 0 Å². The molecule has 18 heavy (non-hydrogen) atoms. The van der Waals surface area contributed by atoms with E-state index in [0.29, 0.717) is 0 Å². The summed E-state index contributed by atoms with van der Waals surface area (Å²) in [6.45, 7) is 0.920. The van der Waals surface area contributed by atoms with Gasteiger partial charge in [-0.05, 0) is 35.6 Å². The van der Waals surface area contributed by atoms with Crippen molar-refractivity contribution in [1.29, 1.82) is 0 Å². The summed E-state index contributed by atoms with van der Waals surface area (Å²) in [6, 6.07) is 17.4. The highest BCUT2D eigenvalue weighted by molar-refractivity contribution is 5.54. The highest BCUT2D eigenvalue weighted by Crippen LogP contribution is 2.26. The topological polar surface area (TPSA) is 15.3 Å². The number of hydrazine groups is 1. The van der Waals surface area contributed by atoms with Gasteiger partial charge in [-0.25, -0.2) is 5.43 Å². The number of rotatable bonds is 1. The van der Waals surface area contributed by atoms with Crippen molar-refractivity contribution < 1.29 is 0 Å². The maximum absolute atomic E-state index is 3.30. The van der Waals surface area contributed by atoms with Crippen LogP contribution in [0.1, 0.15) is 16.7 Å². The molecule has 1 N–H and O–H groups in total. The fourth-order valence-corrected chi connectivity index (χ4v) is 2.67. The van der Waals surface area contributed by atoms with Crippen molar-refractivity contribution in [2.45, 2.75) is 19.4 Å². The second-order valence-electron chi connectivity index (χ2n) is 4.71. The molecule has 0 fully saturated rings. The number of hydrogen-bond donors (Lipinski definition) is 1. The van der Waals surface area contributed by atoms with Crippen LogP contribution in [0.15, 0.2) is 48.5 Å².